The number of rotatable bonds is 4. The van der Waals surface area contributed by atoms with E-state index < -0.39 is 6.10 Å². The summed E-state index contributed by atoms with van der Waals surface area (Å²) in [7, 11) is 0. The second-order valence-corrected chi connectivity index (χ2v) is 3.83. The van der Waals surface area contributed by atoms with Crippen molar-refractivity contribution < 1.29 is 9.50 Å². The Balaban J connectivity index is 2.55. The number of benzene rings is 1. The summed E-state index contributed by atoms with van der Waals surface area (Å²) in [6.45, 7) is 0. The molecule has 0 aliphatic carbocycles. The largest absolute Gasteiger partial charge is 0.388 e. The number of halogens is 1. The molecule has 1 N–H and O–H groups in total. The Morgan fingerprint density at radius 3 is 2.54 bits per heavy atom. The molecule has 1 aromatic carbocycles. The van der Waals surface area contributed by atoms with E-state index in [-0.39, 0.29) is 5.82 Å². The van der Waals surface area contributed by atoms with E-state index in [4.69, 9.17) is 0 Å². The number of thioether (sulfide) groups is 1. The highest BCUT2D eigenvalue weighted by Gasteiger charge is 2.05. The summed E-state index contributed by atoms with van der Waals surface area (Å²) in [5, 5.41) is 9.61. The van der Waals surface area contributed by atoms with Crippen molar-refractivity contribution in [1.82, 2.24) is 0 Å². The van der Waals surface area contributed by atoms with Crippen molar-refractivity contribution in [1.29, 1.82) is 0 Å². The molecule has 0 bridgehead atoms. The summed E-state index contributed by atoms with van der Waals surface area (Å²) in [6.07, 6.45) is 2.25. The Kier molecular flexibility index (Phi) is 4.25. The quantitative estimate of drug-likeness (QED) is 0.806. The Bertz CT molecular complexity index is 248. The predicted octanol–water partition coefficient (Wildman–Crippen LogP) is 2.61. The molecule has 1 unspecified atom stereocenters. The van der Waals surface area contributed by atoms with Crippen LogP contribution in [0.4, 0.5) is 4.39 Å². The molecule has 0 aliphatic rings. The maximum absolute atomic E-state index is 12.5. The molecule has 72 valence electrons. The van der Waals surface area contributed by atoms with Crippen molar-refractivity contribution in [3.8, 4) is 0 Å². The van der Waals surface area contributed by atoms with Gasteiger partial charge in [-0.3, -0.25) is 0 Å². The highest BCUT2D eigenvalue weighted by atomic mass is 32.2. The first kappa shape index (κ1) is 10.5. The average Bonchev–Trinajstić information content (AvgIpc) is 2.15. The van der Waals surface area contributed by atoms with Crippen LogP contribution in [0.25, 0.3) is 0 Å². The van der Waals surface area contributed by atoms with Gasteiger partial charge in [-0.05, 0) is 36.1 Å². The number of aliphatic hydroxyl groups excluding tert-OH is 1. The lowest BCUT2D eigenvalue weighted by Crippen LogP contribution is -1.98. The Morgan fingerprint density at radius 2 is 2.00 bits per heavy atom. The average molecular weight is 200 g/mol. The summed E-state index contributed by atoms with van der Waals surface area (Å²) in [4.78, 5) is 0. The SMILES string of the molecule is CSCCC(O)c1ccc(F)cc1. The zero-order chi connectivity index (χ0) is 9.68. The number of hydrogen-bond donors (Lipinski definition) is 1. The molecule has 0 radical (unpaired) electrons. The van der Waals surface area contributed by atoms with Gasteiger partial charge in [0.15, 0.2) is 0 Å². The topological polar surface area (TPSA) is 20.2 Å². The molecule has 13 heavy (non-hydrogen) atoms. The fraction of sp³-hybridized carbons (Fsp3) is 0.400. The smallest absolute Gasteiger partial charge is 0.123 e. The van der Waals surface area contributed by atoms with Crippen LogP contribution in [-0.2, 0) is 0 Å². The van der Waals surface area contributed by atoms with Crippen molar-refractivity contribution in [2.45, 2.75) is 12.5 Å². The molecular weight excluding hydrogens is 187 g/mol. The first-order valence-electron chi connectivity index (χ1n) is 4.16. The van der Waals surface area contributed by atoms with Gasteiger partial charge in [0, 0.05) is 0 Å². The molecule has 0 fully saturated rings. The minimum Gasteiger partial charge on any atom is -0.388 e. The second-order valence-electron chi connectivity index (χ2n) is 2.85. The van der Waals surface area contributed by atoms with Crippen LogP contribution < -0.4 is 0 Å². The fourth-order valence-electron chi connectivity index (χ4n) is 1.08. The highest BCUT2D eigenvalue weighted by Crippen LogP contribution is 2.18. The van der Waals surface area contributed by atoms with Crippen LogP contribution in [0.2, 0.25) is 0 Å². The molecule has 0 saturated carbocycles. The lowest BCUT2D eigenvalue weighted by molar-refractivity contribution is 0.175. The molecule has 1 nitrogen and oxygen atoms in total. The molecule has 0 saturated heterocycles. The molecule has 1 rings (SSSR count). The van der Waals surface area contributed by atoms with Gasteiger partial charge < -0.3 is 5.11 Å². The van der Waals surface area contributed by atoms with Crippen molar-refractivity contribution in [3.05, 3.63) is 35.6 Å². The Labute approximate surface area is 82.0 Å². The normalized spacial score (nSPS) is 12.8. The fourth-order valence-corrected chi connectivity index (χ4v) is 1.54. The van der Waals surface area contributed by atoms with Gasteiger partial charge in [0.2, 0.25) is 0 Å². The highest BCUT2D eigenvalue weighted by molar-refractivity contribution is 7.98. The van der Waals surface area contributed by atoms with Crippen molar-refractivity contribution in [3.63, 3.8) is 0 Å². The van der Waals surface area contributed by atoms with Crippen LogP contribution >= 0.6 is 11.8 Å². The van der Waals surface area contributed by atoms with Crippen LogP contribution in [0.5, 0.6) is 0 Å². The van der Waals surface area contributed by atoms with Gasteiger partial charge in [0.1, 0.15) is 5.82 Å². The summed E-state index contributed by atoms with van der Waals surface area (Å²) in [6, 6.07) is 6.00. The van der Waals surface area contributed by atoms with E-state index in [0.717, 1.165) is 11.3 Å². The van der Waals surface area contributed by atoms with E-state index >= 15 is 0 Å². The maximum atomic E-state index is 12.5. The van der Waals surface area contributed by atoms with Crippen LogP contribution in [0.1, 0.15) is 18.1 Å². The van der Waals surface area contributed by atoms with Gasteiger partial charge in [0.25, 0.3) is 0 Å². The minimum atomic E-state index is -0.465. The third-order valence-electron chi connectivity index (χ3n) is 1.85. The van der Waals surface area contributed by atoms with Gasteiger partial charge in [-0.1, -0.05) is 12.1 Å². The molecule has 0 amide bonds. The standard InChI is InChI=1S/C10H13FOS/c1-13-7-6-10(12)8-2-4-9(11)5-3-8/h2-5,10,12H,6-7H2,1H3. The molecule has 1 atom stereocenters. The van der Waals surface area contributed by atoms with Crippen molar-refractivity contribution in [2.75, 3.05) is 12.0 Å². The van der Waals surface area contributed by atoms with E-state index in [1.165, 1.54) is 12.1 Å². The lowest BCUT2D eigenvalue weighted by atomic mass is 10.1. The third kappa shape index (κ3) is 3.36. The van der Waals surface area contributed by atoms with Gasteiger partial charge in [-0.25, -0.2) is 4.39 Å². The lowest BCUT2D eigenvalue weighted by Gasteiger charge is -2.09. The predicted molar refractivity (Wildman–Crippen MR) is 54.4 cm³/mol. The monoisotopic (exact) mass is 200 g/mol. The molecule has 0 heterocycles. The van der Waals surface area contributed by atoms with E-state index in [1.807, 2.05) is 6.26 Å². The Morgan fingerprint density at radius 1 is 1.38 bits per heavy atom. The van der Waals surface area contributed by atoms with Crippen LogP contribution in [0.3, 0.4) is 0 Å². The van der Waals surface area contributed by atoms with Crippen molar-refractivity contribution in [2.24, 2.45) is 0 Å². The minimum absolute atomic E-state index is 0.263. The summed E-state index contributed by atoms with van der Waals surface area (Å²) in [5.74, 6) is 0.652. The second kappa shape index (κ2) is 5.25. The molecule has 1 aromatic rings. The Hall–Kier alpha value is -0.540. The molecule has 0 aromatic heterocycles. The van der Waals surface area contributed by atoms with E-state index in [1.54, 1.807) is 23.9 Å². The van der Waals surface area contributed by atoms with Crippen molar-refractivity contribution >= 4 is 11.8 Å². The zero-order valence-corrected chi connectivity index (χ0v) is 8.35. The zero-order valence-electron chi connectivity index (χ0n) is 7.53. The van der Waals surface area contributed by atoms with E-state index in [0.29, 0.717) is 6.42 Å². The third-order valence-corrected chi connectivity index (χ3v) is 2.49. The number of aliphatic hydroxyl groups is 1. The molecule has 0 spiro atoms. The van der Waals surface area contributed by atoms with Gasteiger partial charge >= 0.3 is 0 Å². The molecule has 3 heteroatoms. The van der Waals surface area contributed by atoms with Gasteiger partial charge in [-0.2, -0.15) is 11.8 Å². The van der Waals surface area contributed by atoms with Crippen LogP contribution in [0, 0.1) is 5.82 Å². The first-order valence-corrected chi connectivity index (χ1v) is 5.56. The summed E-state index contributed by atoms with van der Waals surface area (Å²) < 4.78 is 12.5. The van der Waals surface area contributed by atoms with Gasteiger partial charge in [-0.15, -0.1) is 0 Å². The first-order chi connectivity index (χ1) is 6.24. The van der Waals surface area contributed by atoms with Crippen LogP contribution in [0.15, 0.2) is 24.3 Å². The maximum Gasteiger partial charge on any atom is 0.123 e. The summed E-state index contributed by atoms with van der Waals surface area (Å²) in [5.41, 5.74) is 0.787. The van der Waals surface area contributed by atoms with E-state index in [9.17, 15) is 9.50 Å². The molecule has 0 aliphatic heterocycles. The van der Waals surface area contributed by atoms with Crippen LogP contribution in [-0.4, -0.2) is 17.1 Å². The summed E-state index contributed by atoms with van der Waals surface area (Å²) >= 11 is 1.69. The molecular formula is C10H13FOS. The van der Waals surface area contributed by atoms with Gasteiger partial charge in [0.05, 0.1) is 6.10 Å². The van der Waals surface area contributed by atoms with E-state index in [2.05, 4.69) is 0 Å². The number of hydrogen-bond acceptors (Lipinski definition) is 2.